The number of nitrogens with zero attached hydrogens (tertiary/aromatic N) is 1. The molecule has 0 aromatic heterocycles. The number of likely N-dealkylation sites (tertiary alicyclic amines) is 1. The Hall–Kier alpha value is -0.0800. The Morgan fingerprint density at radius 1 is 1.46 bits per heavy atom. The first-order valence-electron chi connectivity index (χ1n) is 5.52. The fourth-order valence-corrected chi connectivity index (χ4v) is 2.19. The molecule has 2 nitrogen and oxygen atoms in total. The second-order valence-corrected chi connectivity index (χ2v) is 4.76. The summed E-state index contributed by atoms with van der Waals surface area (Å²) in [5.74, 6) is 0. The summed E-state index contributed by atoms with van der Waals surface area (Å²) >= 11 is 0. The summed E-state index contributed by atoms with van der Waals surface area (Å²) in [6.45, 7) is 9.47. The Bertz CT molecular complexity index is 150. The predicted octanol–water partition coefficient (Wildman–Crippen LogP) is 1.86. The fraction of sp³-hybridized carbons (Fsp3) is 1.00. The molecule has 1 aliphatic rings. The van der Waals surface area contributed by atoms with Crippen LogP contribution in [-0.4, -0.2) is 36.6 Å². The quantitative estimate of drug-likeness (QED) is 0.717. The molecule has 1 fully saturated rings. The molecule has 0 saturated carbocycles. The first-order chi connectivity index (χ1) is 6.10. The molecule has 0 radical (unpaired) electrons. The van der Waals surface area contributed by atoms with Gasteiger partial charge in [0.15, 0.2) is 0 Å². The second kappa shape index (κ2) is 4.43. The van der Waals surface area contributed by atoms with Crippen molar-refractivity contribution in [2.75, 3.05) is 20.1 Å². The molecule has 13 heavy (non-hydrogen) atoms. The molecule has 1 saturated heterocycles. The summed E-state index contributed by atoms with van der Waals surface area (Å²) in [6.07, 6.45) is 3.95. The fourth-order valence-electron chi connectivity index (χ4n) is 2.19. The summed E-state index contributed by atoms with van der Waals surface area (Å²) in [4.78, 5) is 2.62. The standard InChI is InChI=1S/C11H24N2/c1-5-10(12-4)9-13-8-6-7-11(13,2)3/h10,12H,5-9H2,1-4H3. The monoisotopic (exact) mass is 184 g/mol. The second-order valence-electron chi connectivity index (χ2n) is 4.76. The third kappa shape index (κ3) is 2.68. The summed E-state index contributed by atoms with van der Waals surface area (Å²) < 4.78 is 0. The zero-order chi connectivity index (χ0) is 9.90. The van der Waals surface area contributed by atoms with Gasteiger partial charge in [-0.05, 0) is 46.7 Å². The maximum atomic E-state index is 3.37. The average Bonchev–Trinajstić information content (AvgIpc) is 2.41. The van der Waals surface area contributed by atoms with Gasteiger partial charge < -0.3 is 5.32 Å². The van der Waals surface area contributed by atoms with Crippen LogP contribution in [0.1, 0.15) is 40.0 Å². The molecule has 0 aliphatic carbocycles. The number of rotatable bonds is 4. The van der Waals surface area contributed by atoms with Gasteiger partial charge in [0.25, 0.3) is 0 Å². The molecular weight excluding hydrogens is 160 g/mol. The topological polar surface area (TPSA) is 15.3 Å². The van der Waals surface area contributed by atoms with Gasteiger partial charge in [-0.2, -0.15) is 0 Å². The van der Waals surface area contributed by atoms with Crippen molar-refractivity contribution in [2.24, 2.45) is 0 Å². The molecule has 1 aliphatic heterocycles. The smallest absolute Gasteiger partial charge is 0.0189 e. The lowest BCUT2D eigenvalue weighted by Crippen LogP contribution is -2.46. The van der Waals surface area contributed by atoms with Crippen molar-refractivity contribution in [2.45, 2.75) is 51.6 Å². The lowest BCUT2D eigenvalue weighted by molar-refractivity contribution is 0.157. The first-order valence-corrected chi connectivity index (χ1v) is 5.52. The highest BCUT2D eigenvalue weighted by atomic mass is 15.2. The van der Waals surface area contributed by atoms with E-state index < -0.39 is 0 Å². The highest BCUT2D eigenvalue weighted by molar-refractivity contribution is 4.89. The van der Waals surface area contributed by atoms with Gasteiger partial charge in [-0.3, -0.25) is 4.90 Å². The maximum Gasteiger partial charge on any atom is 0.0189 e. The van der Waals surface area contributed by atoms with Gasteiger partial charge in [0.2, 0.25) is 0 Å². The van der Waals surface area contributed by atoms with Crippen LogP contribution in [0.5, 0.6) is 0 Å². The number of hydrogen-bond acceptors (Lipinski definition) is 2. The van der Waals surface area contributed by atoms with Crippen LogP contribution in [0.15, 0.2) is 0 Å². The van der Waals surface area contributed by atoms with Gasteiger partial charge in [-0.15, -0.1) is 0 Å². The van der Waals surface area contributed by atoms with Crippen LogP contribution in [0, 0.1) is 0 Å². The minimum absolute atomic E-state index is 0.435. The average molecular weight is 184 g/mol. The van der Waals surface area contributed by atoms with Gasteiger partial charge >= 0.3 is 0 Å². The minimum Gasteiger partial charge on any atom is -0.316 e. The Morgan fingerprint density at radius 2 is 2.15 bits per heavy atom. The molecule has 0 bridgehead atoms. The van der Waals surface area contributed by atoms with Gasteiger partial charge in [0, 0.05) is 18.1 Å². The maximum absolute atomic E-state index is 3.37. The van der Waals surface area contributed by atoms with Gasteiger partial charge in [-0.1, -0.05) is 6.92 Å². The largest absolute Gasteiger partial charge is 0.316 e. The highest BCUT2D eigenvalue weighted by Crippen LogP contribution is 2.28. The van der Waals surface area contributed by atoms with E-state index in [4.69, 9.17) is 0 Å². The van der Waals surface area contributed by atoms with Crippen molar-refractivity contribution in [3.8, 4) is 0 Å². The summed E-state index contributed by atoms with van der Waals surface area (Å²) in [5, 5.41) is 3.37. The van der Waals surface area contributed by atoms with Gasteiger partial charge in [-0.25, -0.2) is 0 Å². The van der Waals surface area contributed by atoms with Crippen LogP contribution in [0.2, 0.25) is 0 Å². The van der Waals surface area contributed by atoms with Crippen molar-refractivity contribution in [1.29, 1.82) is 0 Å². The number of hydrogen-bond donors (Lipinski definition) is 1. The molecule has 1 N–H and O–H groups in total. The van der Waals surface area contributed by atoms with Gasteiger partial charge in [0.1, 0.15) is 0 Å². The van der Waals surface area contributed by atoms with E-state index in [0.29, 0.717) is 11.6 Å². The van der Waals surface area contributed by atoms with Crippen molar-refractivity contribution < 1.29 is 0 Å². The molecule has 1 unspecified atom stereocenters. The molecule has 2 heteroatoms. The van der Waals surface area contributed by atoms with E-state index in [1.54, 1.807) is 0 Å². The van der Waals surface area contributed by atoms with Crippen LogP contribution in [-0.2, 0) is 0 Å². The summed E-state index contributed by atoms with van der Waals surface area (Å²) in [5.41, 5.74) is 0.435. The minimum atomic E-state index is 0.435. The van der Waals surface area contributed by atoms with E-state index in [1.165, 1.54) is 32.4 Å². The van der Waals surface area contributed by atoms with E-state index in [2.05, 4.69) is 38.0 Å². The Kier molecular flexibility index (Phi) is 3.74. The van der Waals surface area contributed by atoms with E-state index in [-0.39, 0.29) is 0 Å². The SMILES string of the molecule is CCC(CN1CCCC1(C)C)NC. The molecule has 0 aromatic carbocycles. The Balaban J connectivity index is 2.43. The first kappa shape index (κ1) is 11.0. The van der Waals surface area contributed by atoms with Crippen LogP contribution in [0.4, 0.5) is 0 Å². The van der Waals surface area contributed by atoms with E-state index >= 15 is 0 Å². The number of likely N-dealkylation sites (N-methyl/N-ethyl adjacent to an activating group) is 1. The van der Waals surface area contributed by atoms with E-state index in [0.717, 1.165) is 0 Å². The summed E-state index contributed by atoms with van der Waals surface area (Å²) in [7, 11) is 2.07. The molecule has 1 atom stereocenters. The van der Waals surface area contributed by atoms with E-state index in [1.807, 2.05) is 0 Å². The van der Waals surface area contributed by atoms with E-state index in [9.17, 15) is 0 Å². The Morgan fingerprint density at radius 3 is 2.54 bits per heavy atom. The molecule has 1 rings (SSSR count). The molecular formula is C11H24N2. The molecule has 0 spiro atoms. The third-order valence-electron chi connectivity index (χ3n) is 3.41. The van der Waals surface area contributed by atoms with Crippen molar-refractivity contribution in [1.82, 2.24) is 10.2 Å². The van der Waals surface area contributed by atoms with Crippen LogP contribution in [0.3, 0.4) is 0 Å². The zero-order valence-corrected chi connectivity index (χ0v) is 9.56. The molecule has 0 amide bonds. The van der Waals surface area contributed by atoms with Crippen molar-refractivity contribution in [3.05, 3.63) is 0 Å². The molecule has 78 valence electrons. The van der Waals surface area contributed by atoms with Gasteiger partial charge in [0.05, 0.1) is 0 Å². The third-order valence-corrected chi connectivity index (χ3v) is 3.41. The molecule has 1 heterocycles. The lowest BCUT2D eigenvalue weighted by atomic mass is 10.0. The number of nitrogens with one attached hydrogen (secondary N) is 1. The van der Waals surface area contributed by atoms with Crippen molar-refractivity contribution in [3.63, 3.8) is 0 Å². The lowest BCUT2D eigenvalue weighted by Gasteiger charge is -2.34. The summed E-state index contributed by atoms with van der Waals surface area (Å²) in [6, 6.07) is 0.664. The highest BCUT2D eigenvalue weighted by Gasteiger charge is 2.32. The van der Waals surface area contributed by atoms with Crippen LogP contribution < -0.4 is 5.32 Å². The molecule has 0 aromatic rings. The van der Waals surface area contributed by atoms with Crippen LogP contribution in [0.25, 0.3) is 0 Å². The Labute approximate surface area is 82.7 Å². The van der Waals surface area contributed by atoms with Crippen molar-refractivity contribution >= 4 is 0 Å². The zero-order valence-electron chi connectivity index (χ0n) is 9.56. The normalized spacial score (nSPS) is 24.9. The van der Waals surface area contributed by atoms with Crippen LogP contribution >= 0.6 is 0 Å². The predicted molar refractivity (Wildman–Crippen MR) is 58.0 cm³/mol.